The zero-order valence-electron chi connectivity index (χ0n) is 7.16. The van der Waals surface area contributed by atoms with Crippen molar-refractivity contribution in [2.75, 3.05) is 26.8 Å². The van der Waals surface area contributed by atoms with Gasteiger partial charge in [-0.3, -0.25) is 4.48 Å². The minimum atomic E-state index is -4.39. The third kappa shape index (κ3) is 3.04. The molecular weight excluding hydrogens is 183 g/mol. The van der Waals surface area contributed by atoms with Crippen LogP contribution in [-0.2, 0) is 10.4 Å². The first-order chi connectivity index (χ1) is 5.41. The highest BCUT2D eigenvalue weighted by Crippen LogP contribution is 2.13. The molecule has 0 radical (unpaired) electrons. The third-order valence-electron chi connectivity index (χ3n) is 2.36. The van der Waals surface area contributed by atoms with Gasteiger partial charge in [0, 0.05) is 12.8 Å². The second-order valence-corrected chi connectivity index (χ2v) is 4.88. The Kier molecular flexibility index (Phi) is 2.70. The van der Waals surface area contributed by atoms with E-state index in [4.69, 9.17) is 0 Å². The van der Waals surface area contributed by atoms with E-state index in [1.807, 2.05) is 7.05 Å². The van der Waals surface area contributed by atoms with Gasteiger partial charge in [0.2, 0.25) is 6.67 Å². The Balaban J connectivity index is 2.41. The molecule has 1 fully saturated rings. The van der Waals surface area contributed by atoms with Gasteiger partial charge in [-0.25, -0.2) is 0 Å². The fourth-order valence-electron chi connectivity index (χ4n) is 1.55. The van der Waals surface area contributed by atoms with E-state index in [1.165, 1.54) is 0 Å². The molecule has 0 aromatic heterocycles. The molecule has 6 heteroatoms. The van der Waals surface area contributed by atoms with E-state index in [9.17, 15) is 12.3 Å². The van der Waals surface area contributed by atoms with Gasteiger partial charge in [0.15, 0.2) is 0 Å². The minimum absolute atomic E-state index is 0.291. The average Bonchev–Trinajstić information content (AvgIpc) is 2.32. The van der Waals surface area contributed by atoms with Crippen molar-refractivity contribution in [1.82, 2.24) is 0 Å². The van der Waals surface area contributed by atoms with Gasteiger partial charge in [-0.15, -0.1) is 8.42 Å². The lowest BCUT2D eigenvalue weighted by Gasteiger charge is -2.25. The van der Waals surface area contributed by atoms with E-state index >= 15 is 0 Å². The number of nitrogens with two attached hydrogens (primary N) is 1. The van der Waals surface area contributed by atoms with Crippen molar-refractivity contribution in [2.24, 2.45) is 0 Å². The maximum absolute atomic E-state index is 12.1. The van der Waals surface area contributed by atoms with Crippen molar-refractivity contribution in [1.29, 1.82) is 0 Å². The summed E-state index contributed by atoms with van der Waals surface area (Å²) in [5.74, 6) is 0. The van der Waals surface area contributed by atoms with Crippen LogP contribution in [0, 0.1) is 0 Å². The van der Waals surface area contributed by atoms with Crippen LogP contribution >= 0.6 is 0 Å². The van der Waals surface area contributed by atoms with E-state index in [1.54, 1.807) is 0 Å². The molecule has 0 aromatic carbocycles. The highest BCUT2D eigenvalue weighted by atomic mass is 32.3. The van der Waals surface area contributed by atoms with Crippen LogP contribution in [0.2, 0.25) is 0 Å². The normalized spacial score (nSPS) is 22.8. The van der Waals surface area contributed by atoms with E-state index in [-0.39, 0.29) is 0 Å². The van der Waals surface area contributed by atoms with Crippen LogP contribution in [-0.4, -0.2) is 39.7 Å². The molecule has 72 valence electrons. The Bertz CT molecular complexity index is 246. The standard InChI is InChI=1S/C6H14FN2O2S/c1-9(4-2-3-5-9)6-8-12(7,10)11/h8H,2-6H2,1H3/q+1/p+1. The number of nitrogens with zero attached hydrogens (tertiary/aromatic N) is 1. The molecule has 0 aromatic rings. The Morgan fingerprint density at radius 1 is 1.42 bits per heavy atom. The second-order valence-electron chi connectivity index (χ2n) is 3.60. The molecule has 4 nitrogen and oxygen atoms in total. The Morgan fingerprint density at radius 3 is 2.33 bits per heavy atom. The zero-order valence-corrected chi connectivity index (χ0v) is 7.98. The highest BCUT2D eigenvalue weighted by molar-refractivity contribution is 7.79. The number of hydrogen-bond donors (Lipinski definition) is 1. The maximum Gasteiger partial charge on any atom is 0.475 e. The molecule has 0 bridgehead atoms. The first kappa shape index (κ1) is 9.88. The molecule has 1 saturated heterocycles. The van der Waals surface area contributed by atoms with E-state index in [2.05, 4.69) is 0 Å². The van der Waals surface area contributed by atoms with Crippen molar-refractivity contribution >= 4 is 10.4 Å². The summed E-state index contributed by atoms with van der Waals surface area (Å²) >= 11 is 0. The Morgan fingerprint density at radius 2 is 1.92 bits per heavy atom. The van der Waals surface area contributed by atoms with Gasteiger partial charge >= 0.3 is 10.4 Å². The summed E-state index contributed by atoms with van der Waals surface area (Å²) in [6.45, 7) is 2.19. The van der Waals surface area contributed by atoms with Crippen LogP contribution in [0.1, 0.15) is 12.8 Å². The predicted octanol–water partition coefficient (Wildman–Crippen LogP) is -1.04. The third-order valence-corrected chi connectivity index (χ3v) is 2.91. The molecule has 1 heterocycles. The average molecular weight is 198 g/mol. The first-order valence-corrected chi connectivity index (χ1v) is 5.47. The van der Waals surface area contributed by atoms with Crippen molar-refractivity contribution in [2.45, 2.75) is 12.8 Å². The molecule has 0 saturated carbocycles. The number of likely N-dealkylation sites (tertiary alicyclic amines) is 1. The van der Waals surface area contributed by atoms with Gasteiger partial charge in [-0.1, -0.05) is 3.89 Å². The smallest absolute Gasteiger partial charge is 0.279 e. The topological polar surface area (TPSA) is 50.8 Å². The van der Waals surface area contributed by atoms with Gasteiger partial charge in [-0.05, 0) is 0 Å². The number of halogens is 1. The van der Waals surface area contributed by atoms with Crippen LogP contribution in [0.3, 0.4) is 0 Å². The number of quaternary nitrogens is 2. The molecule has 12 heavy (non-hydrogen) atoms. The van der Waals surface area contributed by atoms with Crippen LogP contribution in [0.25, 0.3) is 0 Å². The molecule has 0 aliphatic carbocycles. The van der Waals surface area contributed by atoms with Crippen LogP contribution < -0.4 is 4.72 Å². The van der Waals surface area contributed by atoms with Gasteiger partial charge in [0.05, 0.1) is 20.1 Å². The van der Waals surface area contributed by atoms with Crippen molar-refractivity contribution < 1.29 is 21.5 Å². The lowest BCUT2D eigenvalue weighted by molar-refractivity contribution is -0.973. The van der Waals surface area contributed by atoms with Crippen molar-refractivity contribution in [3.8, 4) is 0 Å². The largest absolute Gasteiger partial charge is 0.475 e. The van der Waals surface area contributed by atoms with Crippen molar-refractivity contribution in [3.63, 3.8) is 0 Å². The molecule has 2 N–H and O–H groups in total. The fourth-order valence-corrected chi connectivity index (χ4v) is 2.09. The minimum Gasteiger partial charge on any atom is -0.279 e. The fraction of sp³-hybridized carbons (Fsp3) is 1.00. The number of rotatable bonds is 3. The van der Waals surface area contributed by atoms with Crippen molar-refractivity contribution in [3.05, 3.63) is 0 Å². The molecule has 1 aliphatic rings. The summed E-state index contributed by atoms with van der Waals surface area (Å²) in [5.41, 5.74) is 0. The molecule has 1 rings (SSSR count). The Labute approximate surface area is 72.3 Å². The molecular formula is C6H15FN2O2S+2. The quantitative estimate of drug-likeness (QED) is 0.465. The van der Waals surface area contributed by atoms with Gasteiger partial charge in [-0.2, -0.15) is 4.72 Å². The molecule has 0 atom stereocenters. The van der Waals surface area contributed by atoms with Crippen LogP contribution in [0.4, 0.5) is 3.89 Å². The van der Waals surface area contributed by atoms with Gasteiger partial charge < -0.3 is 0 Å². The van der Waals surface area contributed by atoms with Crippen LogP contribution in [0.15, 0.2) is 0 Å². The van der Waals surface area contributed by atoms with Crippen LogP contribution in [0.5, 0.6) is 0 Å². The van der Waals surface area contributed by atoms with E-state index in [0.717, 1.165) is 30.7 Å². The summed E-state index contributed by atoms with van der Waals surface area (Å²) < 4.78 is 33.9. The zero-order chi connectivity index (χ0) is 9.24. The van der Waals surface area contributed by atoms with E-state index in [0.29, 0.717) is 11.2 Å². The molecule has 1 aliphatic heterocycles. The SMILES string of the molecule is C[N+]1(C[NH2+]S(=O)(=O)F)CCCC1. The molecule has 0 amide bonds. The predicted molar refractivity (Wildman–Crippen MR) is 42.0 cm³/mol. The van der Waals surface area contributed by atoms with Gasteiger partial charge in [0.1, 0.15) is 0 Å². The summed E-state index contributed by atoms with van der Waals surface area (Å²) in [4.78, 5) is 0. The summed E-state index contributed by atoms with van der Waals surface area (Å²) in [6, 6.07) is 0. The first-order valence-electron chi connectivity index (χ1n) is 4.03. The molecule has 0 spiro atoms. The maximum atomic E-state index is 12.1. The lowest BCUT2D eigenvalue weighted by atomic mass is 10.4. The highest BCUT2D eigenvalue weighted by Gasteiger charge is 2.30. The number of hydrogen-bond acceptors (Lipinski definition) is 2. The van der Waals surface area contributed by atoms with Gasteiger partial charge in [0.25, 0.3) is 0 Å². The second kappa shape index (κ2) is 3.27. The Hall–Kier alpha value is -0.200. The summed E-state index contributed by atoms with van der Waals surface area (Å²) in [5, 5.41) is 0. The monoisotopic (exact) mass is 198 g/mol. The lowest BCUT2D eigenvalue weighted by Crippen LogP contribution is -2.91. The summed E-state index contributed by atoms with van der Waals surface area (Å²) in [6.07, 6.45) is 2.22. The van der Waals surface area contributed by atoms with E-state index < -0.39 is 10.4 Å². The summed E-state index contributed by atoms with van der Waals surface area (Å²) in [7, 11) is -2.44. The molecule has 0 unspecified atom stereocenters.